The van der Waals surface area contributed by atoms with Crippen molar-refractivity contribution in [1.29, 1.82) is 0 Å². The van der Waals surface area contributed by atoms with Gasteiger partial charge in [-0.05, 0) is 39.0 Å². The van der Waals surface area contributed by atoms with Gasteiger partial charge in [0.1, 0.15) is 5.75 Å². The van der Waals surface area contributed by atoms with Gasteiger partial charge >= 0.3 is 0 Å². The van der Waals surface area contributed by atoms with Crippen LogP contribution in [0.4, 0.5) is 5.13 Å². The maximum absolute atomic E-state index is 5.49. The number of nitrogens with zero attached hydrogens (tertiary/aromatic N) is 1. The Kier molecular flexibility index (Phi) is 4.99. The second-order valence-corrected chi connectivity index (χ2v) is 5.46. The minimum atomic E-state index is 0.269. The van der Waals surface area contributed by atoms with Crippen LogP contribution in [0.1, 0.15) is 20.8 Å². The first-order valence-corrected chi connectivity index (χ1v) is 7.39. The summed E-state index contributed by atoms with van der Waals surface area (Å²) in [5, 5.41) is 4.21. The molecule has 0 amide bonds. The largest absolute Gasteiger partial charge is 0.494 e. The maximum Gasteiger partial charge on any atom is 0.183 e. The summed E-state index contributed by atoms with van der Waals surface area (Å²) in [5.41, 5.74) is 1.00. The van der Waals surface area contributed by atoms with E-state index in [0.717, 1.165) is 27.6 Å². The lowest BCUT2D eigenvalue weighted by Crippen LogP contribution is -2.12. The molecule has 1 aromatic heterocycles. The summed E-state index contributed by atoms with van der Waals surface area (Å²) in [6, 6.07) is 5.98. The van der Waals surface area contributed by atoms with Crippen molar-refractivity contribution >= 4 is 26.7 Å². The zero-order chi connectivity index (χ0) is 13.7. The van der Waals surface area contributed by atoms with Crippen LogP contribution in [0.2, 0.25) is 0 Å². The quantitative estimate of drug-likeness (QED) is 0.788. The van der Waals surface area contributed by atoms with E-state index in [1.165, 1.54) is 0 Å². The molecule has 0 radical (unpaired) electrons. The molecule has 0 aliphatic carbocycles. The van der Waals surface area contributed by atoms with Crippen LogP contribution in [-0.4, -0.2) is 30.8 Å². The van der Waals surface area contributed by atoms with Gasteiger partial charge in [-0.3, -0.25) is 0 Å². The Morgan fingerprint density at radius 2 is 2.21 bits per heavy atom. The normalized spacial score (nSPS) is 11.2. The highest BCUT2D eigenvalue weighted by Crippen LogP contribution is 2.29. The van der Waals surface area contributed by atoms with Gasteiger partial charge in [-0.15, -0.1) is 0 Å². The second kappa shape index (κ2) is 6.73. The highest BCUT2D eigenvalue weighted by atomic mass is 32.1. The van der Waals surface area contributed by atoms with Crippen LogP contribution in [-0.2, 0) is 4.74 Å². The van der Waals surface area contributed by atoms with Gasteiger partial charge in [0, 0.05) is 6.54 Å². The Labute approximate surface area is 117 Å². The van der Waals surface area contributed by atoms with E-state index >= 15 is 0 Å². The topological polar surface area (TPSA) is 43.4 Å². The van der Waals surface area contributed by atoms with Gasteiger partial charge in [0.25, 0.3) is 0 Å². The molecule has 0 fully saturated rings. The van der Waals surface area contributed by atoms with E-state index in [0.29, 0.717) is 13.2 Å². The lowest BCUT2D eigenvalue weighted by molar-refractivity contribution is 0.0870. The van der Waals surface area contributed by atoms with E-state index in [1.807, 2.05) is 39.0 Å². The summed E-state index contributed by atoms with van der Waals surface area (Å²) in [5.74, 6) is 0.897. The third-order valence-corrected chi connectivity index (χ3v) is 3.48. The van der Waals surface area contributed by atoms with E-state index in [4.69, 9.17) is 9.47 Å². The number of fused-ring (bicyclic) bond motifs is 1. The van der Waals surface area contributed by atoms with Gasteiger partial charge in [0.05, 0.1) is 29.5 Å². The average Bonchev–Trinajstić information content (AvgIpc) is 2.77. The summed E-state index contributed by atoms with van der Waals surface area (Å²) in [7, 11) is 0. The fraction of sp³-hybridized carbons (Fsp3) is 0.500. The predicted molar refractivity (Wildman–Crippen MR) is 80.4 cm³/mol. The maximum atomic E-state index is 5.49. The van der Waals surface area contributed by atoms with Crippen LogP contribution in [0.15, 0.2) is 18.2 Å². The van der Waals surface area contributed by atoms with Crippen molar-refractivity contribution in [2.45, 2.75) is 26.9 Å². The molecular weight excluding hydrogens is 260 g/mol. The Morgan fingerprint density at radius 3 is 2.95 bits per heavy atom. The van der Waals surface area contributed by atoms with Crippen LogP contribution in [0.3, 0.4) is 0 Å². The highest BCUT2D eigenvalue weighted by molar-refractivity contribution is 7.22. The van der Waals surface area contributed by atoms with Gasteiger partial charge in [-0.25, -0.2) is 4.98 Å². The monoisotopic (exact) mass is 280 g/mol. The molecule has 2 aromatic rings. The third kappa shape index (κ3) is 4.08. The molecule has 0 unspecified atom stereocenters. The number of anilines is 1. The number of aromatic nitrogens is 1. The van der Waals surface area contributed by atoms with Crippen LogP contribution in [0.5, 0.6) is 5.75 Å². The van der Waals surface area contributed by atoms with E-state index in [9.17, 15) is 0 Å². The van der Waals surface area contributed by atoms with Crippen molar-refractivity contribution in [3.8, 4) is 5.75 Å². The molecule has 0 atom stereocenters. The van der Waals surface area contributed by atoms with Crippen molar-refractivity contribution in [3.63, 3.8) is 0 Å². The lowest BCUT2D eigenvalue weighted by atomic mass is 10.3. The third-order valence-electron chi connectivity index (χ3n) is 2.50. The molecule has 5 heteroatoms. The number of thiazole rings is 1. The standard InChI is InChI=1S/C14H20N2O2S/c1-4-17-11-5-6-12-13(9-11)19-14(16-12)15-7-8-18-10(2)3/h5-6,9-10H,4,7-8H2,1-3H3,(H,15,16). The number of rotatable bonds is 7. The van der Waals surface area contributed by atoms with Gasteiger partial charge in [0.15, 0.2) is 5.13 Å². The fourth-order valence-electron chi connectivity index (χ4n) is 1.69. The lowest BCUT2D eigenvalue weighted by Gasteiger charge is -2.07. The first-order valence-electron chi connectivity index (χ1n) is 6.58. The minimum absolute atomic E-state index is 0.269. The SMILES string of the molecule is CCOc1ccc2nc(NCCOC(C)C)sc2c1. The Bertz CT molecular complexity index is 525. The molecule has 1 N–H and O–H groups in total. The average molecular weight is 280 g/mol. The van der Waals surface area contributed by atoms with E-state index in [2.05, 4.69) is 10.3 Å². The van der Waals surface area contributed by atoms with E-state index in [1.54, 1.807) is 11.3 Å². The number of hydrogen-bond acceptors (Lipinski definition) is 5. The molecule has 2 rings (SSSR count). The molecule has 0 spiro atoms. The van der Waals surface area contributed by atoms with Crippen LogP contribution in [0.25, 0.3) is 10.2 Å². The zero-order valence-corrected chi connectivity index (χ0v) is 12.4. The summed E-state index contributed by atoms with van der Waals surface area (Å²) < 4.78 is 12.1. The molecule has 19 heavy (non-hydrogen) atoms. The smallest absolute Gasteiger partial charge is 0.183 e. The van der Waals surface area contributed by atoms with Gasteiger partial charge in [-0.1, -0.05) is 11.3 Å². The number of hydrogen-bond donors (Lipinski definition) is 1. The van der Waals surface area contributed by atoms with Crippen molar-refractivity contribution in [3.05, 3.63) is 18.2 Å². The zero-order valence-electron chi connectivity index (χ0n) is 11.6. The van der Waals surface area contributed by atoms with Crippen molar-refractivity contribution in [2.24, 2.45) is 0 Å². The Morgan fingerprint density at radius 1 is 1.37 bits per heavy atom. The van der Waals surface area contributed by atoms with Crippen LogP contribution >= 0.6 is 11.3 Å². The van der Waals surface area contributed by atoms with Crippen LogP contribution in [0, 0.1) is 0 Å². The van der Waals surface area contributed by atoms with Crippen molar-refractivity contribution < 1.29 is 9.47 Å². The van der Waals surface area contributed by atoms with Gasteiger partial charge < -0.3 is 14.8 Å². The Hall–Kier alpha value is -1.33. The summed E-state index contributed by atoms with van der Waals surface area (Å²) >= 11 is 1.64. The first-order chi connectivity index (χ1) is 9.19. The summed E-state index contributed by atoms with van der Waals surface area (Å²) in [6.45, 7) is 8.20. The molecule has 104 valence electrons. The van der Waals surface area contributed by atoms with E-state index < -0.39 is 0 Å². The van der Waals surface area contributed by atoms with Gasteiger partial charge in [-0.2, -0.15) is 0 Å². The minimum Gasteiger partial charge on any atom is -0.494 e. The highest BCUT2D eigenvalue weighted by Gasteiger charge is 2.05. The summed E-state index contributed by atoms with van der Waals surface area (Å²) in [4.78, 5) is 4.53. The molecular formula is C14H20N2O2S. The predicted octanol–water partition coefficient (Wildman–Crippen LogP) is 3.53. The number of benzene rings is 1. The molecule has 0 aliphatic heterocycles. The molecule has 0 bridgehead atoms. The fourth-order valence-corrected chi connectivity index (χ4v) is 2.61. The summed E-state index contributed by atoms with van der Waals surface area (Å²) in [6.07, 6.45) is 0.269. The first kappa shape index (κ1) is 14.1. The number of ether oxygens (including phenoxy) is 2. The molecule has 0 saturated carbocycles. The number of nitrogens with one attached hydrogen (secondary N) is 1. The van der Waals surface area contributed by atoms with Gasteiger partial charge in [0.2, 0.25) is 0 Å². The molecule has 0 saturated heterocycles. The molecule has 1 aromatic carbocycles. The van der Waals surface area contributed by atoms with Crippen molar-refractivity contribution in [1.82, 2.24) is 4.98 Å². The van der Waals surface area contributed by atoms with Crippen LogP contribution < -0.4 is 10.1 Å². The van der Waals surface area contributed by atoms with E-state index in [-0.39, 0.29) is 6.10 Å². The molecule has 4 nitrogen and oxygen atoms in total. The molecule has 0 aliphatic rings. The molecule has 1 heterocycles. The Balaban J connectivity index is 1.96. The van der Waals surface area contributed by atoms with Crippen molar-refractivity contribution in [2.75, 3.05) is 25.1 Å². The second-order valence-electron chi connectivity index (χ2n) is 4.43.